The van der Waals surface area contributed by atoms with Gasteiger partial charge in [-0.3, -0.25) is 18.6 Å². The third-order valence-electron chi connectivity index (χ3n) is 12.5. The number of quaternary nitrogens is 1. The summed E-state index contributed by atoms with van der Waals surface area (Å²) in [6.07, 6.45) is 49.1. The number of ether oxygens (including phenoxy) is 1. The van der Waals surface area contributed by atoms with Gasteiger partial charge >= 0.3 is 13.8 Å². The third kappa shape index (κ3) is 45.9. The van der Waals surface area contributed by atoms with Crippen LogP contribution in [-0.2, 0) is 27.9 Å². The molecular weight excluding hydrogens is 820 g/mol. The Labute approximate surface area is 397 Å². The van der Waals surface area contributed by atoms with E-state index >= 15 is 0 Å². The topological polar surface area (TPSA) is 111 Å². The molecule has 0 spiro atoms. The van der Waals surface area contributed by atoms with Gasteiger partial charge in [0.2, 0.25) is 5.91 Å². The van der Waals surface area contributed by atoms with Gasteiger partial charge in [-0.1, -0.05) is 239 Å². The van der Waals surface area contributed by atoms with Crippen molar-refractivity contribution in [1.82, 2.24) is 5.32 Å². The summed E-state index contributed by atoms with van der Waals surface area (Å²) < 4.78 is 30.5. The molecule has 3 atom stereocenters. The monoisotopic (exact) mass is 928 g/mol. The predicted octanol–water partition coefficient (Wildman–Crippen LogP) is 16.1. The van der Waals surface area contributed by atoms with E-state index < -0.39 is 20.0 Å². The number of hydrogen-bond donors (Lipinski definition) is 2. The average molecular weight is 928 g/mol. The number of phosphoric ester groups is 1. The van der Waals surface area contributed by atoms with Gasteiger partial charge in [-0.15, -0.1) is 0 Å². The lowest BCUT2D eigenvalue weighted by Crippen LogP contribution is -2.47. The zero-order valence-electron chi connectivity index (χ0n) is 43.3. The Morgan fingerprint density at radius 3 is 1.28 bits per heavy atom. The Morgan fingerprint density at radius 1 is 0.531 bits per heavy atom. The first-order chi connectivity index (χ1) is 30.9. The van der Waals surface area contributed by atoms with E-state index in [0.29, 0.717) is 23.9 Å². The minimum Gasteiger partial charge on any atom is -0.456 e. The van der Waals surface area contributed by atoms with Gasteiger partial charge in [-0.25, -0.2) is 4.57 Å². The molecule has 0 radical (unpaired) electrons. The molecule has 1 amide bonds. The van der Waals surface area contributed by atoms with Crippen molar-refractivity contribution in [2.24, 2.45) is 0 Å². The molecule has 0 saturated heterocycles. The number of phosphoric acid groups is 1. The van der Waals surface area contributed by atoms with Gasteiger partial charge in [0, 0.05) is 12.8 Å². The first-order valence-corrected chi connectivity index (χ1v) is 29.0. The van der Waals surface area contributed by atoms with E-state index in [0.717, 1.165) is 57.8 Å². The number of hydrogen-bond acceptors (Lipinski definition) is 6. The molecule has 9 nitrogen and oxygen atoms in total. The minimum absolute atomic E-state index is 0.0452. The van der Waals surface area contributed by atoms with Gasteiger partial charge in [0.1, 0.15) is 19.3 Å². The van der Waals surface area contributed by atoms with Gasteiger partial charge in [-0.2, -0.15) is 0 Å². The summed E-state index contributed by atoms with van der Waals surface area (Å²) >= 11 is 0. The number of likely N-dealkylation sites (N-methyl/N-ethyl adjacent to an activating group) is 1. The molecule has 0 aliphatic rings. The number of unbranched alkanes of at least 4 members (excludes halogenated alkanes) is 34. The maximum Gasteiger partial charge on any atom is 0.472 e. The van der Waals surface area contributed by atoms with Crippen LogP contribution in [0.4, 0.5) is 0 Å². The van der Waals surface area contributed by atoms with Crippen LogP contribution in [0.1, 0.15) is 271 Å². The van der Waals surface area contributed by atoms with E-state index in [1.807, 2.05) is 33.3 Å². The highest BCUT2D eigenvalue weighted by atomic mass is 31.2. The largest absolute Gasteiger partial charge is 0.472 e. The standard InChI is InChI=1S/C54H107N2O7P/c1-7-10-13-16-19-22-25-26-27-28-29-32-34-37-40-43-46-53(57)55-51(50-62-64(59,60)61-49-48-56(4,5)6)52(45-42-39-36-33-30-23-20-17-14-11-8-2)63-54(58)47-44-41-38-35-31-24-21-18-15-12-9-3/h42,45,51-52H,7-41,43-44,46-50H2,1-6H3,(H-,55,57,59,60)/p+1/b45-42+. The highest BCUT2D eigenvalue weighted by Gasteiger charge is 2.30. The molecule has 0 aromatic heterocycles. The van der Waals surface area contributed by atoms with Crippen LogP contribution in [0.25, 0.3) is 0 Å². The van der Waals surface area contributed by atoms with Crippen LogP contribution < -0.4 is 5.32 Å². The maximum absolute atomic E-state index is 13.4. The smallest absolute Gasteiger partial charge is 0.456 e. The number of rotatable bonds is 50. The molecule has 10 heteroatoms. The van der Waals surface area contributed by atoms with Crippen molar-refractivity contribution in [3.05, 3.63) is 12.2 Å². The Kier molecular flexibility index (Phi) is 44.6. The molecule has 0 rings (SSSR count). The first-order valence-electron chi connectivity index (χ1n) is 27.5. The molecule has 380 valence electrons. The number of esters is 1. The van der Waals surface area contributed by atoms with E-state index in [2.05, 4.69) is 26.1 Å². The fourth-order valence-corrected chi connectivity index (χ4v) is 8.91. The van der Waals surface area contributed by atoms with Gasteiger partial charge in [0.15, 0.2) is 0 Å². The summed E-state index contributed by atoms with van der Waals surface area (Å²) in [5.74, 6) is -0.492. The molecule has 0 fully saturated rings. The van der Waals surface area contributed by atoms with Crippen LogP contribution in [-0.4, -0.2) is 74.3 Å². The Hall–Kier alpha value is -1.25. The second-order valence-electron chi connectivity index (χ2n) is 20.1. The van der Waals surface area contributed by atoms with Gasteiger partial charge in [0.05, 0.1) is 33.8 Å². The number of amides is 1. The molecule has 3 unspecified atom stereocenters. The summed E-state index contributed by atoms with van der Waals surface area (Å²) in [5, 5.41) is 3.05. The first kappa shape index (κ1) is 62.8. The average Bonchev–Trinajstić information content (AvgIpc) is 3.25. The van der Waals surface area contributed by atoms with E-state index in [4.69, 9.17) is 13.8 Å². The molecular formula is C54H108N2O7P+. The fraction of sp³-hybridized carbons (Fsp3) is 0.926. The SMILES string of the molecule is CCCCCCCCCCC/C=C/C(OC(=O)CCCCCCCCCCCCC)C(COP(=O)(O)OCC[N+](C)(C)C)NC(=O)CCCCCCCCCCCCCCCCCC. The molecule has 0 heterocycles. The lowest BCUT2D eigenvalue weighted by Gasteiger charge is -2.27. The van der Waals surface area contributed by atoms with Gasteiger partial charge in [0.25, 0.3) is 0 Å². The van der Waals surface area contributed by atoms with Crippen LogP contribution >= 0.6 is 7.82 Å². The molecule has 0 aliphatic carbocycles. The predicted molar refractivity (Wildman–Crippen MR) is 273 cm³/mol. The van der Waals surface area contributed by atoms with Crippen molar-refractivity contribution in [3.8, 4) is 0 Å². The third-order valence-corrected chi connectivity index (χ3v) is 13.5. The summed E-state index contributed by atoms with van der Waals surface area (Å²) in [7, 11) is 1.51. The van der Waals surface area contributed by atoms with Crippen molar-refractivity contribution in [1.29, 1.82) is 0 Å². The molecule has 2 N–H and O–H groups in total. The number of allylic oxidation sites excluding steroid dienone is 1. The molecule has 0 saturated carbocycles. The number of carbonyl (C=O) groups is 2. The van der Waals surface area contributed by atoms with E-state index in [-0.39, 0.29) is 25.1 Å². The van der Waals surface area contributed by atoms with Crippen molar-refractivity contribution < 1.29 is 37.3 Å². The zero-order valence-corrected chi connectivity index (χ0v) is 44.2. The van der Waals surface area contributed by atoms with Crippen LogP contribution in [0.2, 0.25) is 0 Å². The molecule has 0 aromatic carbocycles. The number of carbonyl (C=O) groups excluding carboxylic acids is 2. The minimum atomic E-state index is -4.43. The summed E-state index contributed by atoms with van der Waals surface area (Å²) in [5.41, 5.74) is 0. The molecule has 0 aromatic rings. The number of nitrogens with zero attached hydrogens (tertiary/aromatic N) is 1. The van der Waals surface area contributed by atoms with Crippen molar-refractivity contribution in [2.75, 3.05) is 40.9 Å². The Morgan fingerprint density at radius 2 is 0.891 bits per heavy atom. The molecule has 0 aliphatic heterocycles. The van der Waals surface area contributed by atoms with E-state index in [1.54, 1.807) is 0 Å². The summed E-state index contributed by atoms with van der Waals surface area (Å²) in [6, 6.07) is -0.836. The quantitative estimate of drug-likeness (QED) is 0.0205. The van der Waals surface area contributed by atoms with Crippen LogP contribution in [0.5, 0.6) is 0 Å². The van der Waals surface area contributed by atoms with Crippen LogP contribution in [0.3, 0.4) is 0 Å². The van der Waals surface area contributed by atoms with Gasteiger partial charge in [-0.05, 0) is 31.8 Å². The van der Waals surface area contributed by atoms with E-state index in [9.17, 15) is 19.0 Å². The zero-order chi connectivity index (χ0) is 47.3. The maximum atomic E-state index is 13.4. The number of nitrogens with one attached hydrogen (secondary N) is 1. The van der Waals surface area contributed by atoms with Crippen LogP contribution in [0.15, 0.2) is 12.2 Å². The summed E-state index contributed by atoms with van der Waals surface area (Å²) in [6.45, 7) is 7.02. The second kappa shape index (κ2) is 45.5. The molecule has 0 bridgehead atoms. The summed E-state index contributed by atoms with van der Waals surface area (Å²) in [4.78, 5) is 37.4. The van der Waals surface area contributed by atoms with Crippen molar-refractivity contribution in [3.63, 3.8) is 0 Å². The second-order valence-corrected chi connectivity index (χ2v) is 21.6. The fourth-order valence-electron chi connectivity index (χ4n) is 8.18. The van der Waals surface area contributed by atoms with Crippen molar-refractivity contribution in [2.45, 2.75) is 283 Å². The lowest BCUT2D eigenvalue weighted by molar-refractivity contribution is -0.870. The Bertz CT molecular complexity index is 1110. The lowest BCUT2D eigenvalue weighted by atomic mass is 10.0. The van der Waals surface area contributed by atoms with Crippen molar-refractivity contribution >= 4 is 19.7 Å². The Balaban J connectivity index is 5.30. The highest BCUT2D eigenvalue weighted by molar-refractivity contribution is 7.47. The highest BCUT2D eigenvalue weighted by Crippen LogP contribution is 2.43. The van der Waals surface area contributed by atoms with Crippen LogP contribution in [0, 0.1) is 0 Å². The molecule has 64 heavy (non-hydrogen) atoms. The van der Waals surface area contributed by atoms with E-state index in [1.165, 1.54) is 180 Å². The normalized spacial score (nSPS) is 13.9. The van der Waals surface area contributed by atoms with Gasteiger partial charge < -0.3 is 19.4 Å².